The Hall–Kier alpha value is -3.68. The Kier molecular flexibility index (Phi) is 6.79. The van der Waals surface area contributed by atoms with E-state index >= 15 is 0 Å². The van der Waals surface area contributed by atoms with E-state index < -0.39 is 11.5 Å². The SMILES string of the molecule is COC(=O)CN(CCc1ccccc1)C(=O)CCn1[nH]c(=O)c2ccccc2c1=O. The van der Waals surface area contributed by atoms with E-state index in [9.17, 15) is 19.2 Å². The van der Waals surface area contributed by atoms with Crippen molar-refractivity contribution >= 4 is 22.6 Å². The monoisotopic (exact) mass is 409 g/mol. The number of carbonyl (C=O) groups excluding carboxylic acids is 2. The summed E-state index contributed by atoms with van der Waals surface area (Å²) in [5, 5.41) is 3.11. The number of nitrogens with zero attached hydrogens (tertiary/aromatic N) is 2. The van der Waals surface area contributed by atoms with Gasteiger partial charge in [-0.15, -0.1) is 0 Å². The fourth-order valence-corrected chi connectivity index (χ4v) is 3.19. The van der Waals surface area contributed by atoms with Gasteiger partial charge >= 0.3 is 5.97 Å². The molecule has 0 aliphatic rings. The van der Waals surface area contributed by atoms with Gasteiger partial charge in [0, 0.05) is 13.0 Å². The largest absolute Gasteiger partial charge is 0.468 e. The normalized spacial score (nSPS) is 10.7. The van der Waals surface area contributed by atoms with Crippen LogP contribution < -0.4 is 11.1 Å². The lowest BCUT2D eigenvalue weighted by Crippen LogP contribution is -2.39. The predicted octanol–water partition coefficient (Wildman–Crippen LogP) is 1.32. The second-order valence-electron chi connectivity index (χ2n) is 6.82. The fourth-order valence-electron chi connectivity index (χ4n) is 3.19. The highest BCUT2D eigenvalue weighted by atomic mass is 16.5. The second kappa shape index (κ2) is 9.69. The molecule has 156 valence electrons. The van der Waals surface area contributed by atoms with Crippen LogP contribution in [0.3, 0.4) is 0 Å². The molecule has 1 heterocycles. The van der Waals surface area contributed by atoms with Gasteiger partial charge in [0.1, 0.15) is 6.54 Å². The molecule has 0 spiro atoms. The lowest BCUT2D eigenvalue weighted by molar-refractivity contribution is -0.147. The molecule has 0 bridgehead atoms. The van der Waals surface area contributed by atoms with E-state index in [4.69, 9.17) is 4.74 Å². The van der Waals surface area contributed by atoms with Crippen LogP contribution in [0.1, 0.15) is 12.0 Å². The van der Waals surface area contributed by atoms with Gasteiger partial charge in [0.25, 0.3) is 11.1 Å². The van der Waals surface area contributed by atoms with E-state index in [1.54, 1.807) is 24.3 Å². The molecule has 1 N–H and O–H groups in total. The van der Waals surface area contributed by atoms with Gasteiger partial charge in [-0.25, -0.2) is 4.68 Å². The molecule has 8 heteroatoms. The van der Waals surface area contributed by atoms with E-state index in [-0.39, 0.29) is 31.0 Å². The number of aryl methyl sites for hydroxylation is 1. The summed E-state index contributed by atoms with van der Waals surface area (Å²) >= 11 is 0. The molecule has 0 saturated heterocycles. The van der Waals surface area contributed by atoms with Crippen LogP contribution in [0, 0.1) is 0 Å². The fraction of sp³-hybridized carbons (Fsp3) is 0.273. The number of nitrogens with one attached hydrogen (secondary N) is 1. The van der Waals surface area contributed by atoms with Gasteiger partial charge in [-0.3, -0.25) is 24.3 Å². The Morgan fingerprint density at radius 1 is 1.00 bits per heavy atom. The Balaban J connectivity index is 1.73. The van der Waals surface area contributed by atoms with Gasteiger partial charge in [-0.1, -0.05) is 42.5 Å². The smallest absolute Gasteiger partial charge is 0.325 e. The standard InChI is InChI=1S/C22H23N3O5/c1-30-20(27)15-24(13-11-16-7-3-2-4-8-16)19(26)12-14-25-22(29)18-10-6-5-9-17(18)21(28)23-25/h2-10H,11-15H2,1H3,(H,23,28). The van der Waals surface area contributed by atoms with Crippen LogP contribution in [-0.2, 0) is 27.3 Å². The van der Waals surface area contributed by atoms with Crippen molar-refractivity contribution in [3.63, 3.8) is 0 Å². The Labute approximate surface area is 172 Å². The Bertz CT molecular complexity index is 1150. The summed E-state index contributed by atoms with van der Waals surface area (Å²) in [5.74, 6) is -0.829. The van der Waals surface area contributed by atoms with Gasteiger partial charge < -0.3 is 9.64 Å². The Morgan fingerprint density at radius 2 is 1.67 bits per heavy atom. The van der Waals surface area contributed by atoms with Crippen LogP contribution in [-0.4, -0.2) is 46.8 Å². The first kappa shape index (κ1) is 21.0. The lowest BCUT2D eigenvalue weighted by atomic mass is 10.1. The zero-order valence-electron chi connectivity index (χ0n) is 16.7. The van der Waals surface area contributed by atoms with Crippen molar-refractivity contribution in [2.45, 2.75) is 19.4 Å². The molecule has 0 aliphatic carbocycles. The molecule has 0 unspecified atom stereocenters. The zero-order valence-corrected chi connectivity index (χ0v) is 16.7. The van der Waals surface area contributed by atoms with Crippen molar-refractivity contribution < 1.29 is 14.3 Å². The second-order valence-corrected chi connectivity index (χ2v) is 6.82. The summed E-state index contributed by atoms with van der Waals surface area (Å²) in [6.07, 6.45) is 0.538. The third-order valence-corrected chi connectivity index (χ3v) is 4.85. The van der Waals surface area contributed by atoms with Crippen molar-refractivity contribution in [1.29, 1.82) is 0 Å². The third-order valence-electron chi connectivity index (χ3n) is 4.85. The number of hydrogen-bond acceptors (Lipinski definition) is 5. The van der Waals surface area contributed by atoms with Gasteiger partial charge in [-0.05, 0) is 24.1 Å². The minimum Gasteiger partial charge on any atom is -0.468 e. The summed E-state index contributed by atoms with van der Waals surface area (Å²) in [7, 11) is 1.27. The van der Waals surface area contributed by atoms with Gasteiger partial charge in [-0.2, -0.15) is 0 Å². The maximum Gasteiger partial charge on any atom is 0.325 e. The van der Waals surface area contributed by atoms with Crippen LogP contribution >= 0.6 is 0 Å². The number of aromatic nitrogens is 2. The first-order chi connectivity index (χ1) is 14.5. The number of benzene rings is 2. The molecule has 0 fully saturated rings. The molecule has 30 heavy (non-hydrogen) atoms. The van der Waals surface area contributed by atoms with E-state index in [2.05, 4.69) is 5.10 Å². The minimum absolute atomic E-state index is 0.000745. The molecule has 8 nitrogen and oxygen atoms in total. The summed E-state index contributed by atoms with van der Waals surface area (Å²) in [6.45, 7) is 0.160. The van der Waals surface area contributed by atoms with Crippen molar-refractivity contribution in [2.75, 3.05) is 20.2 Å². The number of esters is 1. The van der Waals surface area contributed by atoms with Crippen LogP contribution in [0.2, 0.25) is 0 Å². The van der Waals surface area contributed by atoms with Gasteiger partial charge in [0.15, 0.2) is 0 Å². The van der Waals surface area contributed by atoms with E-state index in [1.165, 1.54) is 12.0 Å². The molecule has 3 rings (SSSR count). The van der Waals surface area contributed by atoms with Crippen LogP contribution in [0.15, 0.2) is 64.2 Å². The molecule has 0 saturated carbocycles. The first-order valence-corrected chi connectivity index (χ1v) is 9.60. The zero-order chi connectivity index (χ0) is 21.5. The number of methoxy groups -OCH3 is 1. The highest BCUT2D eigenvalue weighted by Crippen LogP contribution is 2.05. The van der Waals surface area contributed by atoms with Crippen LogP contribution in [0.5, 0.6) is 0 Å². The van der Waals surface area contributed by atoms with Crippen molar-refractivity contribution in [1.82, 2.24) is 14.7 Å². The topological polar surface area (TPSA) is 101 Å². The van der Waals surface area contributed by atoms with E-state index in [0.717, 1.165) is 10.2 Å². The molecule has 0 aliphatic heterocycles. The van der Waals surface area contributed by atoms with Crippen molar-refractivity contribution in [2.24, 2.45) is 0 Å². The number of hydrogen-bond donors (Lipinski definition) is 1. The predicted molar refractivity (Wildman–Crippen MR) is 112 cm³/mol. The Morgan fingerprint density at radius 3 is 2.37 bits per heavy atom. The third kappa shape index (κ3) is 5.02. The quantitative estimate of drug-likeness (QED) is 0.566. The lowest BCUT2D eigenvalue weighted by Gasteiger charge is -2.21. The number of ether oxygens (including phenoxy) is 1. The van der Waals surface area contributed by atoms with Crippen LogP contribution in [0.4, 0.5) is 0 Å². The van der Waals surface area contributed by atoms with E-state index in [0.29, 0.717) is 23.7 Å². The molecule has 1 amide bonds. The molecular weight excluding hydrogens is 386 g/mol. The van der Waals surface area contributed by atoms with E-state index in [1.807, 2.05) is 30.3 Å². The number of H-pyrrole nitrogens is 1. The highest BCUT2D eigenvalue weighted by Gasteiger charge is 2.18. The average molecular weight is 409 g/mol. The number of rotatable bonds is 8. The van der Waals surface area contributed by atoms with Gasteiger partial charge in [0.2, 0.25) is 5.91 Å². The van der Waals surface area contributed by atoms with Crippen LogP contribution in [0.25, 0.3) is 10.8 Å². The molecule has 1 aromatic heterocycles. The summed E-state index contributed by atoms with van der Waals surface area (Å²) in [6, 6.07) is 16.1. The molecular formula is C22H23N3O5. The number of fused-ring (bicyclic) bond motifs is 1. The molecule has 0 atom stereocenters. The highest BCUT2D eigenvalue weighted by molar-refractivity contribution is 5.82. The maximum absolute atomic E-state index is 12.8. The maximum atomic E-state index is 12.8. The van der Waals surface area contributed by atoms with Gasteiger partial charge in [0.05, 0.1) is 24.4 Å². The number of carbonyl (C=O) groups is 2. The summed E-state index contributed by atoms with van der Waals surface area (Å²) in [5.41, 5.74) is 0.269. The average Bonchev–Trinajstić information content (AvgIpc) is 2.78. The molecule has 2 aromatic carbocycles. The molecule has 0 radical (unpaired) electrons. The first-order valence-electron chi connectivity index (χ1n) is 9.60. The van der Waals surface area contributed by atoms with Crippen molar-refractivity contribution in [3.8, 4) is 0 Å². The van der Waals surface area contributed by atoms with Crippen molar-refractivity contribution in [3.05, 3.63) is 80.9 Å². The summed E-state index contributed by atoms with van der Waals surface area (Å²) < 4.78 is 5.83. The number of aromatic amines is 1. The molecule has 3 aromatic rings. The summed E-state index contributed by atoms with van der Waals surface area (Å²) in [4.78, 5) is 50.7. The number of amides is 1. The minimum atomic E-state index is -0.521.